The highest BCUT2D eigenvalue weighted by Crippen LogP contribution is 2.32. The number of ketones is 1. The predicted molar refractivity (Wildman–Crippen MR) is 75.7 cm³/mol. The van der Waals surface area contributed by atoms with Crippen LogP contribution in [0.1, 0.15) is 36.0 Å². The molecule has 1 saturated carbocycles. The zero-order valence-corrected chi connectivity index (χ0v) is 12.1. The van der Waals surface area contributed by atoms with E-state index in [1.54, 1.807) is 0 Å². The number of hydrogen-bond donors (Lipinski definition) is 1. The third-order valence-corrected chi connectivity index (χ3v) is 5.56. The van der Waals surface area contributed by atoms with Crippen molar-refractivity contribution in [3.63, 3.8) is 0 Å². The maximum Gasteiger partial charge on any atom is 0.168 e. The molecule has 2 N–H and O–H groups in total. The molecule has 1 aromatic rings. The lowest BCUT2D eigenvalue weighted by Crippen LogP contribution is -2.31. The lowest BCUT2D eigenvalue weighted by Gasteiger charge is -2.27. The Kier molecular flexibility index (Phi) is 4.13. The number of rotatable bonds is 3. The molecule has 4 nitrogen and oxygen atoms in total. The Morgan fingerprint density at radius 1 is 1.35 bits per heavy atom. The summed E-state index contributed by atoms with van der Waals surface area (Å²) >= 11 is 0. The van der Waals surface area contributed by atoms with Crippen LogP contribution in [-0.4, -0.2) is 25.7 Å². The van der Waals surface area contributed by atoms with Crippen molar-refractivity contribution < 1.29 is 17.6 Å². The number of hydrogen-bond acceptors (Lipinski definition) is 4. The number of nitrogen functional groups attached to an aromatic ring is 1. The van der Waals surface area contributed by atoms with Gasteiger partial charge in [0.1, 0.15) is 15.7 Å². The molecule has 1 fully saturated rings. The van der Waals surface area contributed by atoms with Crippen LogP contribution in [0.25, 0.3) is 0 Å². The fraction of sp³-hybridized carbons (Fsp3) is 0.500. The third-order valence-electron chi connectivity index (χ3n) is 3.92. The van der Waals surface area contributed by atoms with Gasteiger partial charge in [0, 0.05) is 17.7 Å². The summed E-state index contributed by atoms with van der Waals surface area (Å²) in [6, 6.07) is 4.13. The standard InChI is InChI=1S/C14H18FNO3S/c1-20(18,19)10-5-2-4-9(8-10)14(17)11-6-3-7-12(15)13(11)16/h3,6-7,9-10H,2,4-5,8,16H2,1H3. The van der Waals surface area contributed by atoms with Gasteiger partial charge >= 0.3 is 0 Å². The maximum absolute atomic E-state index is 13.4. The Hall–Kier alpha value is -1.43. The van der Waals surface area contributed by atoms with Crippen LogP contribution in [0, 0.1) is 11.7 Å². The Labute approximate surface area is 118 Å². The zero-order chi connectivity index (χ0) is 14.9. The summed E-state index contributed by atoms with van der Waals surface area (Å²) in [7, 11) is -3.15. The second-order valence-corrected chi connectivity index (χ2v) is 7.71. The van der Waals surface area contributed by atoms with Crippen LogP contribution in [0.4, 0.5) is 10.1 Å². The van der Waals surface area contributed by atoms with Gasteiger partial charge in [0.25, 0.3) is 0 Å². The molecule has 0 spiro atoms. The molecule has 2 unspecified atom stereocenters. The number of sulfone groups is 1. The van der Waals surface area contributed by atoms with Crippen molar-refractivity contribution in [2.24, 2.45) is 5.92 Å². The molecule has 1 aromatic carbocycles. The predicted octanol–water partition coefficient (Wildman–Crippen LogP) is 2.19. The number of Topliss-reactive ketones (excluding diaryl/α,β-unsaturated/α-hetero) is 1. The summed E-state index contributed by atoms with van der Waals surface area (Å²) in [5, 5.41) is -0.486. The first-order valence-electron chi connectivity index (χ1n) is 6.57. The minimum atomic E-state index is -3.15. The fourth-order valence-electron chi connectivity index (χ4n) is 2.74. The number of benzene rings is 1. The van der Waals surface area contributed by atoms with Gasteiger partial charge in [-0.25, -0.2) is 12.8 Å². The molecule has 2 rings (SSSR count). The van der Waals surface area contributed by atoms with Crippen LogP contribution in [0.3, 0.4) is 0 Å². The molecular weight excluding hydrogens is 281 g/mol. The van der Waals surface area contributed by atoms with Crippen molar-refractivity contribution in [3.05, 3.63) is 29.6 Å². The van der Waals surface area contributed by atoms with Gasteiger partial charge in [0.2, 0.25) is 0 Å². The van der Waals surface area contributed by atoms with Gasteiger partial charge in [-0.3, -0.25) is 4.79 Å². The molecule has 0 aliphatic heterocycles. The summed E-state index contributed by atoms with van der Waals surface area (Å²) in [6.07, 6.45) is 3.39. The van der Waals surface area contributed by atoms with Gasteiger partial charge in [-0.15, -0.1) is 0 Å². The topological polar surface area (TPSA) is 77.2 Å². The molecule has 20 heavy (non-hydrogen) atoms. The lowest BCUT2D eigenvalue weighted by atomic mass is 9.83. The molecule has 0 amide bonds. The third kappa shape index (κ3) is 3.00. The summed E-state index contributed by atoms with van der Waals surface area (Å²) < 4.78 is 36.6. The summed E-state index contributed by atoms with van der Waals surface area (Å²) in [4.78, 5) is 12.4. The second-order valence-electron chi connectivity index (χ2n) is 5.38. The van der Waals surface area contributed by atoms with Gasteiger partial charge < -0.3 is 5.73 Å². The van der Waals surface area contributed by atoms with Crippen LogP contribution in [0.2, 0.25) is 0 Å². The highest BCUT2D eigenvalue weighted by atomic mass is 32.2. The zero-order valence-electron chi connectivity index (χ0n) is 11.3. The maximum atomic E-state index is 13.4. The number of carbonyl (C=O) groups is 1. The molecule has 6 heteroatoms. The van der Waals surface area contributed by atoms with Crippen LogP contribution in [0.5, 0.6) is 0 Å². The molecule has 2 atom stereocenters. The minimum Gasteiger partial charge on any atom is -0.396 e. The molecule has 1 aliphatic rings. The number of anilines is 1. The quantitative estimate of drug-likeness (QED) is 0.685. The summed E-state index contributed by atoms with van der Waals surface area (Å²) in [6.45, 7) is 0. The highest BCUT2D eigenvalue weighted by molar-refractivity contribution is 7.91. The first kappa shape index (κ1) is 15.0. The molecule has 0 bridgehead atoms. The molecule has 1 aliphatic carbocycles. The van der Waals surface area contributed by atoms with Gasteiger partial charge in [-0.1, -0.05) is 12.5 Å². The smallest absolute Gasteiger partial charge is 0.168 e. The van der Waals surface area contributed by atoms with E-state index in [0.717, 1.165) is 0 Å². The molecule has 0 heterocycles. The van der Waals surface area contributed by atoms with E-state index >= 15 is 0 Å². The van der Waals surface area contributed by atoms with Crippen LogP contribution >= 0.6 is 0 Å². The van der Waals surface area contributed by atoms with E-state index in [1.807, 2.05) is 0 Å². The van der Waals surface area contributed by atoms with Crippen LogP contribution in [-0.2, 0) is 9.84 Å². The molecule has 110 valence electrons. The largest absolute Gasteiger partial charge is 0.396 e. The molecule has 0 aromatic heterocycles. The van der Waals surface area contributed by atoms with Crippen molar-refractivity contribution in [3.8, 4) is 0 Å². The van der Waals surface area contributed by atoms with E-state index in [0.29, 0.717) is 25.7 Å². The van der Waals surface area contributed by atoms with Crippen LogP contribution < -0.4 is 5.73 Å². The Balaban J connectivity index is 2.23. The van der Waals surface area contributed by atoms with Crippen LogP contribution in [0.15, 0.2) is 18.2 Å². The second kappa shape index (κ2) is 5.52. The van der Waals surface area contributed by atoms with E-state index in [4.69, 9.17) is 5.73 Å². The Morgan fingerprint density at radius 3 is 2.70 bits per heavy atom. The van der Waals surface area contributed by atoms with E-state index in [1.165, 1.54) is 24.5 Å². The van der Waals surface area contributed by atoms with Gasteiger partial charge in [-0.05, 0) is 31.4 Å². The van der Waals surface area contributed by atoms with E-state index < -0.39 is 26.8 Å². The summed E-state index contributed by atoms with van der Waals surface area (Å²) in [5.74, 6) is -1.27. The average molecular weight is 299 g/mol. The van der Waals surface area contributed by atoms with Gasteiger partial charge in [0.05, 0.1) is 10.9 Å². The SMILES string of the molecule is CS(=O)(=O)C1CCCC(C(=O)c2cccc(F)c2N)C1. The minimum absolute atomic E-state index is 0.154. The van der Waals surface area contributed by atoms with Crippen molar-refractivity contribution >= 4 is 21.3 Å². The first-order chi connectivity index (χ1) is 9.30. The van der Waals surface area contributed by atoms with E-state index in [9.17, 15) is 17.6 Å². The number of carbonyl (C=O) groups excluding carboxylic acids is 1. The number of nitrogens with two attached hydrogens (primary N) is 1. The molecule has 0 saturated heterocycles. The summed E-state index contributed by atoms with van der Waals surface area (Å²) in [5.41, 5.74) is 5.60. The lowest BCUT2D eigenvalue weighted by molar-refractivity contribution is 0.0891. The molecule has 0 radical (unpaired) electrons. The van der Waals surface area contributed by atoms with Crippen molar-refractivity contribution in [2.75, 3.05) is 12.0 Å². The van der Waals surface area contributed by atoms with E-state index in [2.05, 4.69) is 0 Å². The molecular formula is C14H18FNO3S. The van der Waals surface area contributed by atoms with Crippen molar-refractivity contribution in [1.29, 1.82) is 0 Å². The monoisotopic (exact) mass is 299 g/mol. The fourth-order valence-corrected chi connectivity index (χ4v) is 3.92. The number of halogens is 1. The van der Waals surface area contributed by atoms with Gasteiger partial charge in [-0.2, -0.15) is 0 Å². The average Bonchev–Trinajstić information content (AvgIpc) is 2.40. The highest BCUT2D eigenvalue weighted by Gasteiger charge is 2.33. The van der Waals surface area contributed by atoms with E-state index in [-0.39, 0.29) is 17.0 Å². The van der Waals surface area contributed by atoms with Crippen molar-refractivity contribution in [2.45, 2.75) is 30.9 Å². The number of para-hydroxylation sites is 1. The Bertz CT molecular complexity index is 627. The Morgan fingerprint density at radius 2 is 2.05 bits per heavy atom. The normalized spacial score (nSPS) is 23.5. The first-order valence-corrected chi connectivity index (χ1v) is 8.53. The van der Waals surface area contributed by atoms with Gasteiger partial charge in [0.15, 0.2) is 5.78 Å². The van der Waals surface area contributed by atoms with Crippen molar-refractivity contribution in [1.82, 2.24) is 0 Å².